The van der Waals surface area contributed by atoms with Crippen LogP contribution in [0, 0.1) is 11.3 Å². The van der Waals surface area contributed by atoms with E-state index in [1.807, 2.05) is 23.1 Å². The number of rotatable bonds is 5. The fourth-order valence-electron chi connectivity index (χ4n) is 4.42. The Morgan fingerprint density at radius 1 is 1.19 bits per heavy atom. The minimum atomic E-state index is -2.38. The van der Waals surface area contributed by atoms with E-state index in [0.29, 0.717) is 31.0 Å². The van der Waals surface area contributed by atoms with Gasteiger partial charge >= 0.3 is 5.97 Å². The summed E-state index contributed by atoms with van der Waals surface area (Å²) in [5.41, 5.74) is -1.05. The molecule has 2 N–H and O–H groups in total. The van der Waals surface area contributed by atoms with Crippen LogP contribution in [0.25, 0.3) is 0 Å². The van der Waals surface area contributed by atoms with Crippen LogP contribution >= 0.6 is 0 Å². The summed E-state index contributed by atoms with van der Waals surface area (Å²) < 4.78 is 5.52. The van der Waals surface area contributed by atoms with Gasteiger partial charge < -0.3 is 24.7 Å². The highest BCUT2D eigenvalue weighted by atomic mass is 16.5. The van der Waals surface area contributed by atoms with Crippen molar-refractivity contribution < 1.29 is 29.3 Å². The molecular weight excluding hydrogens is 400 g/mol. The average molecular weight is 431 g/mol. The third-order valence-electron chi connectivity index (χ3n) is 6.66. The van der Waals surface area contributed by atoms with E-state index in [4.69, 9.17) is 4.74 Å². The minimum Gasteiger partial charge on any atom is -0.479 e. The minimum absolute atomic E-state index is 0.0933. The number of morpholine rings is 1. The van der Waals surface area contributed by atoms with Gasteiger partial charge in [0.25, 0.3) is 5.91 Å². The lowest BCUT2D eigenvalue weighted by Crippen LogP contribution is -2.66. The lowest BCUT2D eigenvalue weighted by molar-refractivity contribution is -0.203. The summed E-state index contributed by atoms with van der Waals surface area (Å²) in [6.07, 6.45) is 1.87. The maximum absolute atomic E-state index is 13.3. The third kappa shape index (κ3) is 3.72. The van der Waals surface area contributed by atoms with Crippen molar-refractivity contribution in [2.24, 2.45) is 11.3 Å². The Morgan fingerprint density at radius 2 is 1.90 bits per heavy atom. The third-order valence-corrected chi connectivity index (χ3v) is 6.66. The molecule has 1 saturated carbocycles. The number of carboxylic acids is 1. The molecule has 2 amide bonds. The maximum Gasteiger partial charge on any atom is 0.339 e. The monoisotopic (exact) mass is 430 g/mol. The van der Waals surface area contributed by atoms with Crippen LogP contribution in [-0.2, 0) is 25.5 Å². The van der Waals surface area contributed by atoms with Gasteiger partial charge in [-0.3, -0.25) is 9.59 Å². The van der Waals surface area contributed by atoms with Crippen LogP contribution in [0.15, 0.2) is 18.2 Å². The highest BCUT2D eigenvalue weighted by Gasteiger charge is 2.59. The van der Waals surface area contributed by atoms with Crippen LogP contribution in [0.1, 0.15) is 45.6 Å². The smallest absolute Gasteiger partial charge is 0.339 e. The fraction of sp³-hybridized carbons (Fsp3) is 0.609. The molecule has 0 spiro atoms. The first-order valence-electron chi connectivity index (χ1n) is 10.9. The normalized spacial score (nSPS) is 24.1. The van der Waals surface area contributed by atoms with Crippen LogP contribution in [0.2, 0.25) is 0 Å². The van der Waals surface area contributed by atoms with E-state index < -0.39 is 29.0 Å². The van der Waals surface area contributed by atoms with E-state index in [2.05, 4.69) is 0 Å². The topological polar surface area (TPSA) is 107 Å². The van der Waals surface area contributed by atoms with Gasteiger partial charge in [0, 0.05) is 36.3 Å². The molecule has 2 fully saturated rings. The largest absolute Gasteiger partial charge is 0.479 e. The number of aliphatic hydroxyl groups is 1. The molecule has 168 valence electrons. The van der Waals surface area contributed by atoms with Crippen LogP contribution in [-0.4, -0.2) is 59.4 Å². The number of benzene rings is 1. The van der Waals surface area contributed by atoms with Crippen molar-refractivity contribution in [2.75, 3.05) is 29.5 Å². The Hall–Kier alpha value is -2.45. The quantitative estimate of drug-likeness (QED) is 0.740. The predicted molar refractivity (Wildman–Crippen MR) is 114 cm³/mol. The van der Waals surface area contributed by atoms with Crippen molar-refractivity contribution in [3.05, 3.63) is 23.8 Å². The Morgan fingerprint density at radius 3 is 2.52 bits per heavy atom. The molecule has 0 aromatic heterocycles. The van der Waals surface area contributed by atoms with Crippen molar-refractivity contribution in [1.29, 1.82) is 0 Å². The molecule has 8 nitrogen and oxygen atoms in total. The van der Waals surface area contributed by atoms with Crippen molar-refractivity contribution in [2.45, 2.75) is 58.2 Å². The average Bonchev–Trinajstić information content (AvgIpc) is 3.52. The number of hydrogen-bond donors (Lipinski definition) is 2. The summed E-state index contributed by atoms with van der Waals surface area (Å²) in [4.78, 5) is 41.2. The SMILES string of the molecule is CC(C)(C)[C@](O)(C(=O)O)[C@H]1OCCN(c2ccc3c(c2)N(CC2CC2)C(=O)CC3)C1=O. The second-order valence-corrected chi connectivity index (χ2v) is 9.82. The zero-order valence-electron chi connectivity index (χ0n) is 18.3. The summed E-state index contributed by atoms with van der Waals surface area (Å²) >= 11 is 0. The zero-order valence-corrected chi connectivity index (χ0v) is 18.3. The second-order valence-electron chi connectivity index (χ2n) is 9.82. The maximum atomic E-state index is 13.3. The van der Waals surface area contributed by atoms with Crippen LogP contribution in [0.5, 0.6) is 0 Å². The molecule has 0 unspecified atom stereocenters. The lowest BCUT2D eigenvalue weighted by Gasteiger charge is -2.44. The zero-order chi connectivity index (χ0) is 22.6. The Balaban J connectivity index is 1.67. The molecule has 1 saturated heterocycles. The predicted octanol–water partition coefficient (Wildman–Crippen LogP) is 1.97. The van der Waals surface area contributed by atoms with Crippen molar-refractivity contribution in [3.63, 3.8) is 0 Å². The van der Waals surface area contributed by atoms with E-state index in [0.717, 1.165) is 24.1 Å². The van der Waals surface area contributed by atoms with Gasteiger partial charge in [-0.25, -0.2) is 4.79 Å². The van der Waals surface area contributed by atoms with Crippen LogP contribution in [0.3, 0.4) is 0 Å². The number of aryl methyl sites for hydroxylation is 1. The van der Waals surface area contributed by atoms with Crippen LogP contribution in [0.4, 0.5) is 11.4 Å². The molecule has 31 heavy (non-hydrogen) atoms. The molecule has 8 heteroatoms. The number of aliphatic carboxylic acids is 1. The first-order chi connectivity index (χ1) is 14.5. The summed E-state index contributed by atoms with van der Waals surface area (Å²) in [6, 6.07) is 5.59. The number of carboxylic acid groups (broad SMARTS) is 1. The standard InChI is InChI=1S/C23H30N2O6/c1-22(2,3)23(30,21(28)29)19-20(27)24(10-11-31-19)16-8-6-15-7-9-18(26)25(17(15)12-16)13-14-4-5-14/h6,8,12,14,19,30H,4-5,7,9-11,13H2,1-3H3,(H,28,29)/t19-,23+/m0/s1. The number of fused-ring (bicyclic) bond motifs is 1. The Kier molecular flexibility index (Phi) is 5.34. The number of carbonyl (C=O) groups excluding carboxylic acids is 2. The van der Waals surface area contributed by atoms with Gasteiger partial charge in [0.2, 0.25) is 11.5 Å². The van der Waals surface area contributed by atoms with Gasteiger partial charge in [-0.05, 0) is 42.9 Å². The molecule has 1 aliphatic carbocycles. The van der Waals surface area contributed by atoms with Crippen molar-refractivity contribution in [1.82, 2.24) is 0 Å². The highest BCUT2D eigenvalue weighted by Crippen LogP contribution is 2.40. The van der Waals surface area contributed by atoms with Gasteiger partial charge in [0.05, 0.1) is 6.61 Å². The lowest BCUT2D eigenvalue weighted by atomic mass is 9.72. The van der Waals surface area contributed by atoms with Gasteiger partial charge in [0.1, 0.15) is 0 Å². The summed E-state index contributed by atoms with van der Waals surface area (Å²) in [7, 11) is 0. The van der Waals surface area contributed by atoms with Gasteiger partial charge in [-0.15, -0.1) is 0 Å². The highest BCUT2D eigenvalue weighted by molar-refractivity contribution is 6.03. The van der Waals surface area contributed by atoms with E-state index in [1.54, 1.807) is 20.8 Å². The van der Waals surface area contributed by atoms with Gasteiger partial charge in [-0.2, -0.15) is 0 Å². The Labute approximate surface area is 181 Å². The first kappa shape index (κ1) is 21.8. The molecule has 2 aliphatic heterocycles. The van der Waals surface area contributed by atoms with Gasteiger partial charge in [0.15, 0.2) is 6.10 Å². The summed E-state index contributed by atoms with van der Waals surface area (Å²) in [6.45, 7) is 5.73. The number of nitrogens with zero attached hydrogens (tertiary/aromatic N) is 2. The molecule has 0 bridgehead atoms. The number of ether oxygens (including phenoxy) is 1. The number of amides is 2. The molecule has 3 aliphatic rings. The second kappa shape index (κ2) is 7.60. The van der Waals surface area contributed by atoms with E-state index in [1.165, 1.54) is 4.90 Å². The van der Waals surface area contributed by atoms with E-state index >= 15 is 0 Å². The molecule has 1 aromatic carbocycles. The Bertz CT molecular complexity index is 919. The van der Waals surface area contributed by atoms with E-state index in [9.17, 15) is 24.6 Å². The molecule has 4 rings (SSSR count). The molecule has 1 aromatic rings. The molecule has 2 atom stereocenters. The number of hydrogen-bond acceptors (Lipinski definition) is 5. The van der Waals surface area contributed by atoms with Crippen LogP contribution < -0.4 is 9.80 Å². The number of anilines is 2. The van der Waals surface area contributed by atoms with Crippen molar-refractivity contribution >= 4 is 29.2 Å². The molecular formula is C23H30N2O6. The van der Waals surface area contributed by atoms with E-state index in [-0.39, 0.29) is 19.1 Å². The van der Waals surface area contributed by atoms with Crippen molar-refractivity contribution in [3.8, 4) is 0 Å². The molecule has 2 heterocycles. The summed E-state index contributed by atoms with van der Waals surface area (Å²) in [5.74, 6) is -1.46. The number of carbonyl (C=O) groups is 3. The molecule has 0 radical (unpaired) electrons. The first-order valence-corrected chi connectivity index (χ1v) is 10.9. The van der Waals surface area contributed by atoms with Gasteiger partial charge in [-0.1, -0.05) is 26.8 Å². The fourth-order valence-corrected chi connectivity index (χ4v) is 4.42. The summed E-state index contributed by atoms with van der Waals surface area (Å²) in [5, 5.41) is 20.8.